The summed E-state index contributed by atoms with van der Waals surface area (Å²) in [4.78, 5) is 26.5. The molecule has 1 aromatic heterocycles. The smallest absolute Gasteiger partial charge is 0.317 e. The maximum atomic E-state index is 12.1. The van der Waals surface area contributed by atoms with Crippen molar-refractivity contribution in [3.8, 4) is 0 Å². The average molecular weight is 372 g/mol. The van der Waals surface area contributed by atoms with Gasteiger partial charge in [0.1, 0.15) is 12.0 Å². The Kier molecular flexibility index (Phi) is 5.44. The van der Waals surface area contributed by atoms with Crippen molar-refractivity contribution in [3.63, 3.8) is 0 Å². The number of H-pyrrole nitrogens is 1. The lowest BCUT2D eigenvalue weighted by molar-refractivity contribution is -0.171. The molecule has 1 heterocycles. The third-order valence-electron chi connectivity index (χ3n) is 6.03. The molecule has 0 saturated heterocycles. The maximum Gasteiger partial charge on any atom is 0.317 e. The summed E-state index contributed by atoms with van der Waals surface area (Å²) in [5.41, 5.74) is 4.15. The van der Waals surface area contributed by atoms with Gasteiger partial charge in [-0.3, -0.25) is 9.59 Å². The van der Waals surface area contributed by atoms with Crippen LogP contribution in [-0.2, 0) is 27.2 Å². The molecule has 6 heteroatoms. The molecule has 6 nitrogen and oxygen atoms in total. The van der Waals surface area contributed by atoms with Crippen molar-refractivity contribution in [1.29, 1.82) is 0 Å². The lowest BCUT2D eigenvalue weighted by Gasteiger charge is -2.41. The van der Waals surface area contributed by atoms with Crippen LogP contribution in [0, 0.1) is 5.92 Å². The van der Waals surface area contributed by atoms with E-state index in [9.17, 15) is 9.59 Å². The first-order valence-corrected chi connectivity index (χ1v) is 9.67. The molecule has 0 saturated carbocycles. The first-order valence-electron chi connectivity index (χ1n) is 9.67. The molecule has 1 aromatic carbocycles. The normalized spacial score (nSPS) is 16.8. The number of aliphatic carboxylic acids is 1. The van der Waals surface area contributed by atoms with Crippen LogP contribution in [0.25, 0.3) is 10.9 Å². The summed E-state index contributed by atoms with van der Waals surface area (Å²) >= 11 is 0. The van der Waals surface area contributed by atoms with E-state index in [0.717, 1.165) is 30.5 Å². The number of rotatable bonds is 7. The number of ether oxygens (including phenoxy) is 1. The predicted octanol–water partition coefficient (Wildman–Crippen LogP) is 3.89. The number of anilines is 1. The van der Waals surface area contributed by atoms with Gasteiger partial charge in [0.15, 0.2) is 0 Å². The number of benzene rings is 1. The Morgan fingerprint density at radius 2 is 2.07 bits per heavy atom. The minimum Gasteiger partial charge on any atom is -0.481 e. The van der Waals surface area contributed by atoms with Crippen molar-refractivity contribution >= 4 is 28.5 Å². The zero-order chi connectivity index (χ0) is 19.6. The third-order valence-corrected chi connectivity index (χ3v) is 6.03. The largest absolute Gasteiger partial charge is 0.481 e. The topological polar surface area (TPSA) is 91.4 Å². The van der Waals surface area contributed by atoms with Crippen LogP contribution in [-0.4, -0.2) is 34.7 Å². The maximum absolute atomic E-state index is 12.1. The number of hydrogen-bond acceptors (Lipinski definition) is 4. The van der Waals surface area contributed by atoms with Crippen LogP contribution in [0.4, 0.5) is 5.69 Å². The second-order valence-corrected chi connectivity index (χ2v) is 7.35. The number of carbonyl (C=O) groups is 2. The van der Waals surface area contributed by atoms with Gasteiger partial charge in [-0.2, -0.15) is 0 Å². The Morgan fingerprint density at radius 3 is 2.70 bits per heavy atom. The second kappa shape index (κ2) is 7.62. The van der Waals surface area contributed by atoms with Gasteiger partial charge in [-0.25, -0.2) is 0 Å². The van der Waals surface area contributed by atoms with Crippen LogP contribution in [0.3, 0.4) is 0 Å². The molecule has 3 N–H and O–H groups in total. The Bertz CT molecular complexity index is 851. The van der Waals surface area contributed by atoms with Crippen molar-refractivity contribution in [2.24, 2.45) is 5.92 Å². The summed E-state index contributed by atoms with van der Waals surface area (Å²) in [5.74, 6) is -1.62. The fourth-order valence-electron chi connectivity index (χ4n) is 4.48. The van der Waals surface area contributed by atoms with Gasteiger partial charge in [-0.15, -0.1) is 0 Å². The molecule has 1 unspecified atom stereocenters. The Morgan fingerprint density at radius 1 is 1.33 bits per heavy atom. The molecule has 1 atom stereocenters. The van der Waals surface area contributed by atoms with E-state index in [1.54, 1.807) is 0 Å². The quantitative estimate of drug-likeness (QED) is 0.507. The van der Waals surface area contributed by atoms with Crippen LogP contribution in [0.15, 0.2) is 18.2 Å². The minimum atomic E-state index is -1.15. The summed E-state index contributed by atoms with van der Waals surface area (Å²) in [6, 6.07) is 6.32. The zero-order valence-electron chi connectivity index (χ0n) is 16.2. The van der Waals surface area contributed by atoms with Crippen molar-refractivity contribution in [2.45, 2.75) is 58.0 Å². The molecule has 0 amide bonds. The van der Waals surface area contributed by atoms with Gasteiger partial charge in [0, 0.05) is 35.2 Å². The lowest BCUT2D eigenvalue weighted by atomic mass is 9.73. The van der Waals surface area contributed by atoms with Crippen LogP contribution in [0.2, 0.25) is 0 Å². The summed E-state index contributed by atoms with van der Waals surface area (Å²) in [6.07, 6.45) is 3.43. The number of aromatic amines is 1. The molecular weight excluding hydrogens is 344 g/mol. The highest BCUT2D eigenvalue weighted by atomic mass is 16.6. The van der Waals surface area contributed by atoms with E-state index in [1.165, 1.54) is 16.6 Å². The highest BCUT2D eigenvalue weighted by Crippen LogP contribution is 2.41. The number of aryl methyl sites for hydroxylation is 1. The summed E-state index contributed by atoms with van der Waals surface area (Å²) < 4.78 is 5.77. The Balaban J connectivity index is 1.88. The van der Waals surface area contributed by atoms with Crippen LogP contribution >= 0.6 is 0 Å². The number of carboxylic acid groups (broad SMARTS) is 1. The zero-order valence-corrected chi connectivity index (χ0v) is 16.2. The number of carboxylic acids is 1. The Labute approximate surface area is 159 Å². The predicted molar refractivity (Wildman–Crippen MR) is 105 cm³/mol. The molecule has 0 spiro atoms. The van der Waals surface area contributed by atoms with Crippen molar-refractivity contribution in [3.05, 3.63) is 29.5 Å². The third kappa shape index (κ3) is 3.66. The van der Waals surface area contributed by atoms with Gasteiger partial charge in [-0.1, -0.05) is 13.8 Å². The Hall–Kier alpha value is -2.50. The van der Waals surface area contributed by atoms with Gasteiger partial charge < -0.3 is 20.1 Å². The van der Waals surface area contributed by atoms with Crippen molar-refractivity contribution < 1.29 is 19.4 Å². The van der Waals surface area contributed by atoms with Crippen molar-refractivity contribution in [1.82, 2.24) is 4.98 Å². The van der Waals surface area contributed by atoms with E-state index < -0.39 is 24.0 Å². The van der Waals surface area contributed by atoms with Crippen LogP contribution < -0.4 is 5.32 Å². The molecule has 2 aromatic rings. The molecule has 146 valence electrons. The minimum absolute atomic E-state index is 0.176. The number of aromatic nitrogens is 1. The molecule has 0 bridgehead atoms. The number of nitrogens with one attached hydrogen (secondary N) is 2. The summed E-state index contributed by atoms with van der Waals surface area (Å²) in [7, 11) is 1.92. The summed E-state index contributed by atoms with van der Waals surface area (Å²) in [6.45, 7) is 4.02. The van der Waals surface area contributed by atoms with Gasteiger partial charge in [0.2, 0.25) is 0 Å². The van der Waals surface area contributed by atoms with Crippen molar-refractivity contribution in [2.75, 3.05) is 12.4 Å². The molecule has 0 aliphatic heterocycles. The molecule has 0 radical (unpaired) electrons. The fourth-order valence-corrected chi connectivity index (χ4v) is 4.48. The highest BCUT2D eigenvalue weighted by molar-refractivity contribution is 5.90. The van der Waals surface area contributed by atoms with Gasteiger partial charge in [0.25, 0.3) is 0 Å². The summed E-state index contributed by atoms with van der Waals surface area (Å²) in [5, 5.41) is 13.3. The van der Waals surface area contributed by atoms with E-state index in [-0.39, 0.29) is 5.92 Å². The number of esters is 1. The molecule has 27 heavy (non-hydrogen) atoms. The van der Waals surface area contributed by atoms with E-state index in [2.05, 4.69) is 28.5 Å². The first kappa shape index (κ1) is 19.3. The first-order chi connectivity index (χ1) is 12.9. The average Bonchev–Trinajstić information content (AvgIpc) is 3.02. The second-order valence-electron chi connectivity index (χ2n) is 7.35. The van der Waals surface area contributed by atoms with Crippen LogP contribution in [0.1, 0.15) is 50.8 Å². The van der Waals surface area contributed by atoms with E-state index in [1.807, 2.05) is 20.9 Å². The SMILES string of the molecule is CCC(CC)(OC(=O)CC(=O)O)C1CCc2c([nH]c3ccc(NC)cc23)C1. The number of carbonyl (C=O) groups excluding carboxylic acids is 1. The van der Waals surface area contributed by atoms with Gasteiger partial charge in [0.05, 0.1) is 0 Å². The number of hydrogen-bond donors (Lipinski definition) is 3. The molecule has 3 rings (SSSR count). The molecule has 0 fully saturated rings. The van der Waals surface area contributed by atoms with Gasteiger partial charge in [-0.05, 0) is 55.9 Å². The highest BCUT2D eigenvalue weighted by Gasteiger charge is 2.41. The number of fused-ring (bicyclic) bond motifs is 3. The molecule has 1 aliphatic rings. The van der Waals surface area contributed by atoms with E-state index in [0.29, 0.717) is 12.8 Å². The molecular formula is C21H28N2O4. The molecule has 1 aliphatic carbocycles. The van der Waals surface area contributed by atoms with E-state index in [4.69, 9.17) is 9.84 Å². The lowest BCUT2D eigenvalue weighted by Crippen LogP contribution is -2.44. The monoisotopic (exact) mass is 372 g/mol. The standard InChI is InChI=1S/C21H28N2O4/c1-4-21(5-2,27-20(26)12-19(24)25)13-6-8-15-16-11-14(22-3)7-9-17(16)23-18(15)10-13/h7,9,11,13,22-23H,4-6,8,10,12H2,1-3H3,(H,24,25). The fraction of sp³-hybridized carbons (Fsp3) is 0.524. The van der Waals surface area contributed by atoms with E-state index >= 15 is 0 Å². The van der Waals surface area contributed by atoms with Crippen LogP contribution in [0.5, 0.6) is 0 Å². The van der Waals surface area contributed by atoms with Gasteiger partial charge >= 0.3 is 11.9 Å².